The number of nitrogens with zero attached hydrogens (tertiary/aromatic N) is 1. The zero-order valence-corrected chi connectivity index (χ0v) is 16.4. The fraction of sp³-hybridized carbons (Fsp3) is 0.364. The van der Waals surface area contributed by atoms with Crippen LogP contribution in [0.5, 0.6) is 5.75 Å². The summed E-state index contributed by atoms with van der Waals surface area (Å²) in [4.78, 5) is 27.7. The van der Waals surface area contributed by atoms with Crippen LogP contribution in [0.25, 0.3) is 0 Å². The van der Waals surface area contributed by atoms with Crippen molar-refractivity contribution in [1.29, 1.82) is 0 Å². The lowest BCUT2D eigenvalue weighted by Gasteiger charge is -2.53. The highest BCUT2D eigenvalue weighted by molar-refractivity contribution is 6.17. The van der Waals surface area contributed by atoms with Crippen molar-refractivity contribution in [2.24, 2.45) is 5.41 Å². The number of carbonyl (C=O) groups excluding carboxylic acids is 2. The molecule has 5 nitrogen and oxygen atoms in total. The van der Waals surface area contributed by atoms with Crippen LogP contribution >= 0.6 is 0 Å². The van der Waals surface area contributed by atoms with Crippen molar-refractivity contribution in [3.05, 3.63) is 60.2 Å². The summed E-state index contributed by atoms with van der Waals surface area (Å²) >= 11 is 0. The summed E-state index contributed by atoms with van der Waals surface area (Å²) in [6, 6.07) is 16.3. The lowest BCUT2D eigenvalue weighted by atomic mass is 9.68. The normalized spacial score (nSPS) is 22.2. The number of para-hydroxylation sites is 1. The molecule has 0 spiro atoms. The molecule has 0 aliphatic carbocycles. The first-order valence-electron chi connectivity index (χ1n) is 8.94. The molecule has 1 heterocycles. The van der Waals surface area contributed by atoms with E-state index in [1.807, 2.05) is 54.6 Å². The second kappa shape index (κ2) is 6.72. The third-order valence-corrected chi connectivity index (χ3v) is 4.76. The summed E-state index contributed by atoms with van der Waals surface area (Å²) in [6.07, 6.45) is 0. The van der Waals surface area contributed by atoms with Gasteiger partial charge >= 0.3 is 5.97 Å². The molecule has 1 aliphatic heterocycles. The molecule has 0 saturated carbocycles. The number of hydrogen-bond acceptors (Lipinski definition) is 4. The van der Waals surface area contributed by atoms with Crippen molar-refractivity contribution < 1.29 is 19.1 Å². The first kappa shape index (κ1) is 19.0. The standard InChI is InChI=1S/C22H25NO4/c1-21(2,3)27-20(25)22(4)18(15-11-13-17(26-5)14-12-15)23(19(22)24)16-9-7-6-8-10-16/h6-14,18H,1-5H3. The highest BCUT2D eigenvalue weighted by Gasteiger charge is 2.64. The van der Waals surface area contributed by atoms with Gasteiger partial charge in [-0.2, -0.15) is 0 Å². The van der Waals surface area contributed by atoms with Crippen LogP contribution in [0.3, 0.4) is 0 Å². The number of esters is 1. The Balaban J connectivity index is 2.04. The molecule has 0 aromatic heterocycles. The molecule has 0 radical (unpaired) electrons. The molecule has 0 N–H and O–H groups in total. The van der Waals surface area contributed by atoms with Crippen LogP contribution in [0.1, 0.15) is 39.3 Å². The monoisotopic (exact) mass is 367 g/mol. The van der Waals surface area contributed by atoms with Crippen LogP contribution in [0.2, 0.25) is 0 Å². The molecular weight excluding hydrogens is 342 g/mol. The molecule has 1 saturated heterocycles. The Hall–Kier alpha value is -2.82. The molecular formula is C22H25NO4. The molecule has 2 unspecified atom stereocenters. The zero-order valence-electron chi connectivity index (χ0n) is 16.4. The number of β-lactam (4-membered cyclic amide) rings is 1. The first-order valence-corrected chi connectivity index (χ1v) is 8.94. The van der Waals surface area contributed by atoms with Gasteiger partial charge in [0.25, 0.3) is 0 Å². The van der Waals surface area contributed by atoms with Crippen LogP contribution in [0.4, 0.5) is 5.69 Å². The predicted molar refractivity (Wildman–Crippen MR) is 104 cm³/mol. The van der Waals surface area contributed by atoms with Gasteiger partial charge in [-0.25, -0.2) is 0 Å². The maximum Gasteiger partial charge on any atom is 0.324 e. The maximum absolute atomic E-state index is 13.1. The first-order chi connectivity index (χ1) is 12.7. The Bertz CT molecular complexity index is 839. The molecule has 1 aliphatic rings. The number of rotatable bonds is 4. The number of carbonyl (C=O) groups is 2. The predicted octanol–water partition coefficient (Wildman–Crippen LogP) is 4.13. The molecule has 1 amide bonds. The summed E-state index contributed by atoms with van der Waals surface area (Å²) in [5.41, 5.74) is -0.340. The summed E-state index contributed by atoms with van der Waals surface area (Å²) in [6.45, 7) is 7.07. The van der Waals surface area contributed by atoms with E-state index < -0.39 is 23.0 Å². The smallest absolute Gasteiger partial charge is 0.324 e. The summed E-state index contributed by atoms with van der Waals surface area (Å²) in [5, 5.41) is 0. The Morgan fingerprint density at radius 3 is 2.15 bits per heavy atom. The molecule has 27 heavy (non-hydrogen) atoms. The third kappa shape index (κ3) is 3.29. The van der Waals surface area contributed by atoms with Gasteiger partial charge in [0, 0.05) is 5.69 Å². The molecule has 1 fully saturated rings. The van der Waals surface area contributed by atoms with Crippen molar-refractivity contribution >= 4 is 17.6 Å². The lowest BCUT2D eigenvalue weighted by Crippen LogP contribution is -2.66. The van der Waals surface area contributed by atoms with E-state index in [-0.39, 0.29) is 5.91 Å². The quantitative estimate of drug-likeness (QED) is 0.463. The number of hydrogen-bond donors (Lipinski definition) is 0. The summed E-state index contributed by atoms with van der Waals surface area (Å²) in [7, 11) is 1.60. The van der Waals surface area contributed by atoms with E-state index in [2.05, 4.69) is 0 Å². The average molecular weight is 367 g/mol. The zero-order chi connectivity index (χ0) is 19.8. The Morgan fingerprint density at radius 1 is 1.04 bits per heavy atom. The molecule has 2 aromatic rings. The van der Waals surface area contributed by atoms with E-state index in [0.717, 1.165) is 17.0 Å². The highest BCUT2D eigenvalue weighted by atomic mass is 16.6. The largest absolute Gasteiger partial charge is 0.497 e. The maximum atomic E-state index is 13.1. The van der Waals surface area contributed by atoms with E-state index >= 15 is 0 Å². The Kier molecular flexibility index (Phi) is 4.72. The van der Waals surface area contributed by atoms with E-state index in [0.29, 0.717) is 0 Å². The highest BCUT2D eigenvalue weighted by Crippen LogP contribution is 2.53. The van der Waals surface area contributed by atoms with Gasteiger partial charge in [-0.1, -0.05) is 30.3 Å². The molecule has 142 valence electrons. The fourth-order valence-electron chi connectivity index (χ4n) is 3.38. The molecule has 3 rings (SSSR count). The summed E-state index contributed by atoms with van der Waals surface area (Å²) in [5.74, 6) is -0.0496. The van der Waals surface area contributed by atoms with Crippen LogP contribution in [0.15, 0.2) is 54.6 Å². The van der Waals surface area contributed by atoms with Crippen LogP contribution in [0, 0.1) is 5.41 Å². The van der Waals surface area contributed by atoms with Gasteiger partial charge in [-0.15, -0.1) is 0 Å². The van der Waals surface area contributed by atoms with Gasteiger partial charge in [0.15, 0.2) is 5.41 Å². The van der Waals surface area contributed by atoms with Crippen molar-refractivity contribution in [1.82, 2.24) is 0 Å². The van der Waals surface area contributed by atoms with Crippen LogP contribution in [-0.2, 0) is 14.3 Å². The lowest BCUT2D eigenvalue weighted by molar-refractivity contribution is -0.176. The Labute approximate surface area is 159 Å². The van der Waals surface area contributed by atoms with Crippen LogP contribution in [-0.4, -0.2) is 24.6 Å². The summed E-state index contributed by atoms with van der Waals surface area (Å²) < 4.78 is 10.8. The van der Waals surface area contributed by atoms with Gasteiger partial charge < -0.3 is 14.4 Å². The second-order valence-electron chi connectivity index (χ2n) is 7.89. The number of benzene rings is 2. The van der Waals surface area contributed by atoms with E-state index in [4.69, 9.17) is 9.47 Å². The number of methoxy groups -OCH3 is 1. The van der Waals surface area contributed by atoms with Gasteiger partial charge in [0.1, 0.15) is 11.4 Å². The molecule has 5 heteroatoms. The van der Waals surface area contributed by atoms with Crippen molar-refractivity contribution in [3.8, 4) is 5.75 Å². The van der Waals surface area contributed by atoms with E-state index in [9.17, 15) is 9.59 Å². The van der Waals surface area contributed by atoms with Crippen molar-refractivity contribution in [2.75, 3.05) is 12.0 Å². The van der Waals surface area contributed by atoms with Crippen molar-refractivity contribution in [2.45, 2.75) is 39.3 Å². The van der Waals surface area contributed by atoms with Gasteiger partial charge in [-0.05, 0) is 57.5 Å². The van der Waals surface area contributed by atoms with Gasteiger partial charge in [0.05, 0.1) is 13.2 Å². The minimum Gasteiger partial charge on any atom is -0.497 e. The minimum absolute atomic E-state index is 0.260. The molecule has 0 bridgehead atoms. The van der Waals surface area contributed by atoms with Crippen molar-refractivity contribution in [3.63, 3.8) is 0 Å². The Morgan fingerprint density at radius 2 is 1.63 bits per heavy atom. The number of amides is 1. The van der Waals surface area contributed by atoms with Gasteiger partial charge in [-0.3, -0.25) is 9.59 Å². The van der Waals surface area contributed by atoms with Crippen LogP contribution < -0.4 is 9.64 Å². The molecule has 2 atom stereocenters. The SMILES string of the molecule is COc1ccc(C2N(c3ccccc3)C(=O)C2(C)C(=O)OC(C)(C)C)cc1. The van der Waals surface area contributed by atoms with Gasteiger partial charge in [0.2, 0.25) is 5.91 Å². The number of anilines is 1. The third-order valence-electron chi connectivity index (χ3n) is 4.76. The van der Waals surface area contributed by atoms with E-state index in [1.54, 1.807) is 39.7 Å². The number of ether oxygens (including phenoxy) is 2. The van der Waals surface area contributed by atoms with E-state index in [1.165, 1.54) is 0 Å². The topological polar surface area (TPSA) is 55.8 Å². The fourth-order valence-corrected chi connectivity index (χ4v) is 3.38. The second-order valence-corrected chi connectivity index (χ2v) is 7.89. The minimum atomic E-state index is -1.28. The molecule has 2 aromatic carbocycles. The average Bonchev–Trinajstić information content (AvgIpc) is 2.64.